The molecule has 3 aliphatic rings. The van der Waals surface area contributed by atoms with Gasteiger partial charge in [-0.05, 0) is 90.5 Å². The fraction of sp³-hybridized carbons (Fsp3) is 0.629. The number of amides is 5. The highest BCUT2D eigenvalue weighted by Gasteiger charge is 2.61. The molecule has 1 aromatic rings. The highest BCUT2D eigenvalue weighted by atomic mass is 32.2. The van der Waals surface area contributed by atoms with Crippen molar-refractivity contribution in [1.29, 1.82) is 0 Å². The van der Waals surface area contributed by atoms with Crippen LogP contribution in [0.2, 0.25) is 0 Å². The Hall–Kier alpha value is -4.14. The summed E-state index contributed by atoms with van der Waals surface area (Å²) >= 11 is 0. The van der Waals surface area contributed by atoms with Gasteiger partial charge in [0.1, 0.15) is 29.0 Å². The summed E-state index contributed by atoms with van der Waals surface area (Å²) in [6, 6.07) is 3.65. The molecule has 1 saturated heterocycles. The van der Waals surface area contributed by atoms with E-state index in [2.05, 4.69) is 20.7 Å². The lowest BCUT2D eigenvalue weighted by atomic mass is 10.0. The summed E-state index contributed by atoms with van der Waals surface area (Å²) < 4.78 is 38.6. The monoisotopic (exact) mass is 717 g/mol. The van der Waals surface area contributed by atoms with Gasteiger partial charge in [-0.25, -0.2) is 13.2 Å². The molecular weight excluding hydrogens is 666 g/mol. The second-order valence-electron chi connectivity index (χ2n) is 14.4. The number of carbonyl (C=O) groups excluding carboxylic acids is 5. The van der Waals surface area contributed by atoms with E-state index < -0.39 is 80.2 Å². The largest absolute Gasteiger partial charge is 0.497 e. The summed E-state index contributed by atoms with van der Waals surface area (Å²) in [6.07, 6.45) is 6.54. The lowest BCUT2D eigenvalue weighted by Crippen LogP contribution is -2.58. The Balaban J connectivity index is 1.65. The van der Waals surface area contributed by atoms with Crippen molar-refractivity contribution < 1.29 is 41.9 Å². The Morgan fingerprint density at radius 2 is 1.78 bits per heavy atom. The van der Waals surface area contributed by atoms with E-state index in [1.807, 2.05) is 12.2 Å². The third kappa shape index (κ3) is 9.55. The number of hydrogen-bond donors (Lipinski definition) is 4. The molecule has 1 aromatic carbocycles. The van der Waals surface area contributed by atoms with Crippen molar-refractivity contribution in [2.24, 2.45) is 5.92 Å². The second kappa shape index (κ2) is 15.8. The lowest BCUT2D eigenvalue weighted by Gasteiger charge is -2.30. The van der Waals surface area contributed by atoms with Crippen molar-refractivity contribution in [2.45, 2.75) is 121 Å². The predicted octanol–water partition coefficient (Wildman–Crippen LogP) is 2.93. The molecule has 1 unspecified atom stereocenters. The number of rotatable bonds is 8. The van der Waals surface area contributed by atoms with Crippen LogP contribution in [0.3, 0.4) is 0 Å². The zero-order chi connectivity index (χ0) is 36.9. The third-order valence-corrected chi connectivity index (χ3v) is 11.3. The number of methoxy groups -OCH3 is 1. The Morgan fingerprint density at radius 1 is 1.08 bits per heavy atom. The van der Waals surface area contributed by atoms with Crippen LogP contribution in [0.1, 0.15) is 96.3 Å². The van der Waals surface area contributed by atoms with E-state index in [0.717, 1.165) is 12.8 Å². The Bertz CT molecular complexity index is 1570. The van der Waals surface area contributed by atoms with E-state index in [4.69, 9.17) is 9.47 Å². The first-order chi connectivity index (χ1) is 23.5. The van der Waals surface area contributed by atoms with Crippen LogP contribution >= 0.6 is 0 Å². The Labute approximate surface area is 294 Å². The molecule has 0 radical (unpaired) electrons. The van der Waals surface area contributed by atoms with Gasteiger partial charge in [0, 0.05) is 24.1 Å². The van der Waals surface area contributed by atoms with Gasteiger partial charge < -0.3 is 30.3 Å². The van der Waals surface area contributed by atoms with Crippen molar-refractivity contribution in [2.75, 3.05) is 13.7 Å². The van der Waals surface area contributed by atoms with E-state index in [9.17, 15) is 32.4 Å². The van der Waals surface area contributed by atoms with Crippen LogP contribution < -0.4 is 25.4 Å². The fourth-order valence-electron chi connectivity index (χ4n) is 6.22. The maximum absolute atomic E-state index is 14.3. The first kappa shape index (κ1) is 38.7. The number of alkyl carbamates (subject to hydrolysis) is 1. The Morgan fingerprint density at radius 3 is 2.42 bits per heavy atom. The number of fused-ring (bicyclic) bond motifs is 2. The Kier molecular flexibility index (Phi) is 12.2. The third-order valence-electron chi connectivity index (χ3n) is 9.40. The number of nitrogens with one attached hydrogen (secondary N) is 4. The predicted molar refractivity (Wildman–Crippen MR) is 186 cm³/mol. The van der Waals surface area contributed by atoms with E-state index >= 15 is 0 Å². The molecule has 0 spiro atoms. The molecule has 1 aliphatic carbocycles. The van der Waals surface area contributed by atoms with Gasteiger partial charge in [0.05, 0.1) is 12.4 Å². The van der Waals surface area contributed by atoms with Crippen LogP contribution in [0, 0.1) is 5.92 Å². The summed E-state index contributed by atoms with van der Waals surface area (Å²) in [5.41, 5.74) is -2.01. The average Bonchev–Trinajstić information content (AvgIpc) is 3.58. The van der Waals surface area contributed by atoms with E-state index in [0.29, 0.717) is 24.2 Å². The van der Waals surface area contributed by atoms with Crippen LogP contribution in [0.15, 0.2) is 36.4 Å². The van der Waals surface area contributed by atoms with Crippen molar-refractivity contribution >= 4 is 39.7 Å². The topological polar surface area (TPSA) is 189 Å². The first-order valence-electron chi connectivity index (χ1n) is 17.3. The smallest absolute Gasteiger partial charge is 0.408 e. The lowest BCUT2D eigenvalue weighted by molar-refractivity contribution is -0.141. The molecule has 0 aromatic heterocycles. The average molecular weight is 718 g/mol. The van der Waals surface area contributed by atoms with Crippen molar-refractivity contribution in [1.82, 2.24) is 25.6 Å². The maximum atomic E-state index is 14.3. The standard InChI is InChI=1S/C35H51N5O9S/c1-7-22(2)50(46,47)39-32(44)35-20-24(35)13-11-9-8-10-12-14-27(37-33(45)49-34(3,4)5)31(43)40-21-25(19-28(40)30(42)38-35)36-29(41)23-15-17-26(48-6)18-16-23/h11,13,15-18,22,24-25,27-28H,7-10,12,14,19-21H2,1-6H3,(H,36,41)(H,37,45)(H,38,42)(H,39,44)/b13-11-/t22?,24-,25-,27+,28+,35-/m1/s1. The fourth-order valence-corrected chi connectivity index (χ4v) is 7.30. The quantitative estimate of drug-likeness (QED) is 0.293. The maximum Gasteiger partial charge on any atom is 0.408 e. The number of nitrogens with zero attached hydrogens (tertiary/aromatic N) is 1. The zero-order valence-corrected chi connectivity index (χ0v) is 30.6. The molecule has 4 N–H and O–H groups in total. The minimum Gasteiger partial charge on any atom is -0.497 e. The van der Waals surface area contributed by atoms with Gasteiger partial charge >= 0.3 is 6.09 Å². The van der Waals surface area contributed by atoms with E-state index in [1.165, 1.54) is 18.9 Å². The molecule has 1 saturated carbocycles. The highest BCUT2D eigenvalue weighted by molar-refractivity contribution is 7.90. The zero-order valence-electron chi connectivity index (χ0n) is 29.7. The summed E-state index contributed by atoms with van der Waals surface area (Å²) in [4.78, 5) is 69.5. The number of benzene rings is 1. The molecule has 6 atom stereocenters. The molecule has 276 valence electrons. The molecule has 50 heavy (non-hydrogen) atoms. The molecule has 0 bridgehead atoms. The van der Waals surface area contributed by atoms with Gasteiger partial charge in [0.25, 0.3) is 11.8 Å². The summed E-state index contributed by atoms with van der Waals surface area (Å²) in [6.45, 7) is 8.27. The molecular formula is C35H51N5O9S. The van der Waals surface area contributed by atoms with Crippen molar-refractivity contribution in [3.63, 3.8) is 0 Å². The summed E-state index contributed by atoms with van der Waals surface area (Å²) in [7, 11) is -2.50. The number of allylic oxidation sites excluding steroid dienone is 1. The van der Waals surface area contributed by atoms with Crippen LogP contribution in [-0.2, 0) is 29.1 Å². The van der Waals surface area contributed by atoms with Crippen LogP contribution in [0.4, 0.5) is 4.79 Å². The number of sulfonamides is 1. The van der Waals surface area contributed by atoms with Gasteiger partial charge in [-0.2, -0.15) is 0 Å². The molecule has 2 fully saturated rings. The van der Waals surface area contributed by atoms with Crippen LogP contribution in [0.25, 0.3) is 0 Å². The van der Waals surface area contributed by atoms with Crippen molar-refractivity contribution in [3.05, 3.63) is 42.0 Å². The molecule has 4 rings (SSSR count). The van der Waals surface area contributed by atoms with Gasteiger partial charge in [-0.3, -0.25) is 23.9 Å². The van der Waals surface area contributed by atoms with Crippen LogP contribution in [-0.4, -0.2) is 91.2 Å². The van der Waals surface area contributed by atoms with Gasteiger partial charge in [0.2, 0.25) is 21.8 Å². The van der Waals surface area contributed by atoms with E-state index in [-0.39, 0.29) is 32.2 Å². The van der Waals surface area contributed by atoms with E-state index in [1.54, 1.807) is 52.0 Å². The number of carbonyl (C=O) groups is 5. The summed E-state index contributed by atoms with van der Waals surface area (Å²) in [5, 5.41) is 7.59. The minimum absolute atomic E-state index is 0.0159. The SMILES string of the molecule is CCC(C)S(=O)(=O)NC(=O)[C@@]12C[C@H]1/C=C\CCCCC[C@H](NC(=O)OC(C)(C)C)C(=O)N1C[C@H](NC(=O)c3ccc(OC)cc3)C[C@H]1C(=O)N2. The molecule has 15 heteroatoms. The number of ether oxygens (including phenoxy) is 2. The molecule has 2 heterocycles. The van der Waals surface area contributed by atoms with Crippen molar-refractivity contribution in [3.8, 4) is 5.75 Å². The molecule has 2 aliphatic heterocycles. The molecule has 14 nitrogen and oxygen atoms in total. The minimum atomic E-state index is -4.01. The number of hydrogen-bond acceptors (Lipinski definition) is 9. The summed E-state index contributed by atoms with van der Waals surface area (Å²) in [5.74, 6) is -2.35. The van der Waals surface area contributed by atoms with Gasteiger partial charge in [0.15, 0.2) is 0 Å². The normalized spacial score (nSPS) is 27.2. The first-order valence-corrected chi connectivity index (χ1v) is 18.8. The van der Waals surface area contributed by atoms with Crippen LogP contribution in [0.5, 0.6) is 5.75 Å². The highest BCUT2D eigenvalue weighted by Crippen LogP contribution is 2.45. The second-order valence-corrected chi connectivity index (χ2v) is 16.5. The van der Waals surface area contributed by atoms with Gasteiger partial charge in [-0.15, -0.1) is 0 Å². The van der Waals surface area contributed by atoms with Gasteiger partial charge in [-0.1, -0.05) is 31.9 Å². The molecule has 5 amide bonds.